The van der Waals surface area contributed by atoms with Gasteiger partial charge in [0.05, 0.1) is 12.7 Å². The first-order valence-electron chi connectivity index (χ1n) is 7.89. The third-order valence-corrected chi connectivity index (χ3v) is 4.25. The summed E-state index contributed by atoms with van der Waals surface area (Å²) >= 11 is 0. The lowest BCUT2D eigenvalue weighted by molar-refractivity contribution is -0.119. The number of hydrogen-bond donors (Lipinski definition) is 0. The van der Waals surface area contributed by atoms with E-state index < -0.39 is 5.92 Å². The SMILES string of the molecule is CCOc1ccc(C(C#N)C(=O)CCC2CCCC2)cc1. The normalized spacial score (nSPS) is 16.4. The highest BCUT2D eigenvalue weighted by molar-refractivity contribution is 5.88. The number of carbonyl (C=O) groups is 1. The topological polar surface area (TPSA) is 50.1 Å². The molecule has 3 nitrogen and oxygen atoms in total. The molecule has 21 heavy (non-hydrogen) atoms. The van der Waals surface area contributed by atoms with E-state index in [1.54, 1.807) is 0 Å². The largest absolute Gasteiger partial charge is 0.494 e. The molecule has 3 heteroatoms. The average molecular weight is 285 g/mol. The van der Waals surface area contributed by atoms with Crippen molar-refractivity contribution in [3.63, 3.8) is 0 Å². The van der Waals surface area contributed by atoms with Gasteiger partial charge in [0, 0.05) is 6.42 Å². The summed E-state index contributed by atoms with van der Waals surface area (Å²) in [4.78, 5) is 12.3. The molecule has 1 aliphatic carbocycles. The number of rotatable bonds is 7. The van der Waals surface area contributed by atoms with Crippen LogP contribution >= 0.6 is 0 Å². The number of nitrogens with zero attached hydrogens (tertiary/aromatic N) is 1. The minimum Gasteiger partial charge on any atom is -0.494 e. The molecule has 0 spiro atoms. The molecule has 0 amide bonds. The highest BCUT2D eigenvalue weighted by Gasteiger charge is 2.22. The predicted octanol–water partition coefficient (Wildman–Crippen LogP) is 4.23. The number of ether oxygens (including phenoxy) is 1. The zero-order chi connectivity index (χ0) is 15.1. The van der Waals surface area contributed by atoms with Crippen LogP contribution in [0, 0.1) is 17.2 Å². The van der Waals surface area contributed by atoms with Gasteiger partial charge in [0.25, 0.3) is 0 Å². The molecule has 1 aliphatic rings. The van der Waals surface area contributed by atoms with Crippen molar-refractivity contribution in [2.45, 2.75) is 51.4 Å². The number of nitriles is 1. The number of ketones is 1. The van der Waals surface area contributed by atoms with Gasteiger partial charge in [0.2, 0.25) is 0 Å². The molecule has 0 N–H and O–H groups in total. The molecule has 1 saturated carbocycles. The van der Waals surface area contributed by atoms with Crippen molar-refractivity contribution in [1.29, 1.82) is 5.26 Å². The Morgan fingerprint density at radius 3 is 2.57 bits per heavy atom. The van der Waals surface area contributed by atoms with Crippen LogP contribution < -0.4 is 4.74 Å². The average Bonchev–Trinajstić information content (AvgIpc) is 3.01. The van der Waals surface area contributed by atoms with Crippen LogP contribution in [0.3, 0.4) is 0 Å². The van der Waals surface area contributed by atoms with E-state index in [2.05, 4.69) is 6.07 Å². The van der Waals surface area contributed by atoms with E-state index >= 15 is 0 Å². The Kier molecular flexibility index (Phi) is 5.80. The fraction of sp³-hybridized carbons (Fsp3) is 0.556. The fourth-order valence-corrected chi connectivity index (χ4v) is 3.05. The van der Waals surface area contributed by atoms with Gasteiger partial charge in [-0.25, -0.2) is 0 Å². The zero-order valence-corrected chi connectivity index (χ0v) is 12.7. The highest BCUT2D eigenvalue weighted by atomic mass is 16.5. The smallest absolute Gasteiger partial charge is 0.154 e. The van der Waals surface area contributed by atoms with Gasteiger partial charge in [-0.2, -0.15) is 5.26 Å². The Morgan fingerprint density at radius 2 is 2.00 bits per heavy atom. The maximum atomic E-state index is 12.3. The van der Waals surface area contributed by atoms with Gasteiger partial charge in [0.1, 0.15) is 11.7 Å². The summed E-state index contributed by atoms with van der Waals surface area (Å²) in [6, 6.07) is 9.46. The molecular weight excluding hydrogens is 262 g/mol. The van der Waals surface area contributed by atoms with Crippen LogP contribution in [-0.2, 0) is 4.79 Å². The summed E-state index contributed by atoms with van der Waals surface area (Å²) < 4.78 is 5.38. The molecule has 0 aromatic heterocycles. The Balaban J connectivity index is 1.94. The first kappa shape index (κ1) is 15.6. The van der Waals surface area contributed by atoms with Crippen molar-refractivity contribution in [2.75, 3.05) is 6.61 Å². The second-order valence-electron chi connectivity index (χ2n) is 5.72. The standard InChI is InChI=1S/C18H23NO2/c1-2-21-16-10-8-15(9-11-16)17(13-19)18(20)12-7-14-5-3-4-6-14/h8-11,14,17H,2-7,12H2,1H3. The van der Waals surface area contributed by atoms with Gasteiger partial charge in [-0.3, -0.25) is 4.79 Å². The van der Waals surface area contributed by atoms with E-state index in [4.69, 9.17) is 4.74 Å². The van der Waals surface area contributed by atoms with Crippen molar-refractivity contribution < 1.29 is 9.53 Å². The van der Waals surface area contributed by atoms with Gasteiger partial charge in [-0.05, 0) is 37.0 Å². The molecule has 1 atom stereocenters. The number of hydrogen-bond acceptors (Lipinski definition) is 3. The van der Waals surface area contributed by atoms with Crippen molar-refractivity contribution in [2.24, 2.45) is 5.92 Å². The molecule has 1 unspecified atom stereocenters. The second-order valence-corrected chi connectivity index (χ2v) is 5.72. The summed E-state index contributed by atoms with van der Waals surface area (Å²) in [6.45, 7) is 2.54. The second kappa shape index (κ2) is 7.83. The monoisotopic (exact) mass is 285 g/mol. The van der Waals surface area contributed by atoms with E-state index in [0.717, 1.165) is 17.7 Å². The fourth-order valence-electron chi connectivity index (χ4n) is 3.05. The predicted molar refractivity (Wildman–Crippen MR) is 82.2 cm³/mol. The van der Waals surface area contributed by atoms with Crippen molar-refractivity contribution in [3.05, 3.63) is 29.8 Å². The first-order valence-corrected chi connectivity index (χ1v) is 7.89. The van der Waals surface area contributed by atoms with Crippen molar-refractivity contribution >= 4 is 5.78 Å². The lowest BCUT2D eigenvalue weighted by atomic mass is 9.90. The molecule has 2 rings (SSSR count). The molecule has 0 radical (unpaired) electrons. The molecular formula is C18H23NO2. The summed E-state index contributed by atoms with van der Waals surface area (Å²) in [5, 5.41) is 9.31. The van der Waals surface area contributed by atoms with Crippen molar-refractivity contribution in [1.82, 2.24) is 0 Å². The van der Waals surface area contributed by atoms with E-state index in [9.17, 15) is 10.1 Å². The van der Waals surface area contributed by atoms with Crippen LogP contribution in [0.25, 0.3) is 0 Å². The van der Waals surface area contributed by atoms with Crippen LogP contribution in [0.5, 0.6) is 5.75 Å². The summed E-state index contributed by atoms with van der Waals surface area (Å²) in [6.07, 6.45) is 6.53. The van der Waals surface area contributed by atoms with Crippen LogP contribution in [0.4, 0.5) is 0 Å². The molecule has 0 saturated heterocycles. The van der Waals surface area contributed by atoms with Gasteiger partial charge in [-0.15, -0.1) is 0 Å². The Bertz CT molecular complexity index is 495. The van der Waals surface area contributed by atoms with E-state index in [1.807, 2.05) is 31.2 Å². The first-order chi connectivity index (χ1) is 10.2. The quantitative estimate of drug-likeness (QED) is 0.753. The third-order valence-electron chi connectivity index (χ3n) is 4.25. The van der Waals surface area contributed by atoms with E-state index in [1.165, 1.54) is 25.7 Å². The molecule has 1 fully saturated rings. The molecule has 1 aromatic carbocycles. The van der Waals surface area contributed by atoms with Gasteiger partial charge < -0.3 is 4.74 Å². The van der Waals surface area contributed by atoms with E-state index in [0.29, 0.717) is 18.9 Å². The van der Waals surface area contributed by atoms with Crippen LogP contribution in [0.15, 0.2) is 24.3 Å². The van der Waals surface area contributed by atoms with Crippen molar-refractivity contribution in [3.8, 4) is 11.8 Å². The van der Waals surface area contributed by atoms with Crippen LogP contribution in [-0.4, -0.2) is 12.4 Å². The maximum absolute atomic E-state index is 12.3. The van der Waals surface area contributed by atoms with Gasteiger partial charge >= 0.3 is 0 Å². The van der Waals surface area contributed by atoms with Crippen LogP contribution in [0.2, 0.25) is 0 Å². The van der Waals surface area contributed by atoms with E-state index in [-0.39, 0.29) is 5.78 Å². The third kappa shape index (κ3) is 4.32. The summed E-state index contributed by atoms with van der Waals surface area (Å²) in [5.74, 6) is 0.876. The maximum Gasteiger partial charge on any atom is 0.154 e. The lowest BCUT2D eigenvalue weighted by Gasteiger charge is -2.12. The van der Waals surface area contributed by atoms with Gasteiger partial charge in [0.15, 0.2) is 5.78 Å². The Hall–Kier alpha value is -1.82. The minimum atomic E-state index is -0.637. The zero-order valence-electron chi connectivity index (χ0n) is 12.7. The minimum absolute atomic E-state index is 0.0496. The molecule has 1 aromatic rings. The molecule has 0 aliphatic heterocycles. The summed E-state index contributed by atoms with van der Waals surface area (Å²) in [7, 11) is 0. The van der Waals surface area contributed by atoms with Gasteiger partial charge in [-0.1, -0.05) is 37.8 Å². The Labute approximate surface area is 126 Å². The lowest BCUT2D eigenvalue weighted by Crippen LogP contribution is -2.12. The number of benzene rings is 1. The molecule has 0 bridgehead atoms. The highest BCUT2D eigenvalue weighted by Crippen LogP contribution is 2.30. The number of Topliss-reactive ketones (excluding diaryl/α,β-unsaturated/α-hetero) is 1. The summed E-state index contributed by atoms with van der Waals surface area (Å²) in [5.41, 5.74) is 0.775. The Morgan fingerprint density at radius 1 is 1.33 bits per heavy atom. The molecule has 0 heterocycles. The van der Waals surface area contributed by atoms with Crippen LogP contribution in [0.1, 0.15) is 56.9 Å². The molecule has 112 valence electrons. The number of carbonyl (C=O) groups excluding carboxylic acids is 1.